The second-order valence-corrected chi connectivity index (χ2v) is 6.57. The van der Waals surface area contributed by atoms with Gasteiger partial charge in [-0.3, -0.25) is 0 Å². The second-order valence-electron chi connectivity index (χ2n) is 5.62. The molecule has 1 saturated heterocycles. The maximum absolute atomic E-state index is 3.74. The minimum Gasteiger partial charge on any atom is -0.306 e. The Kier molecular flexibility index (Phi) is 5.22. The summed E-state index contributed by atoms with van der Waals surface area (Å²) in [6.45, 7) is 10.6. The molecule has 102 valence electrons. The Morgan fingerprint density at radius 3 is 2.61 bits per heavy atom. The summed E-state index contributed by atoms with van der Waals surface area (Å²) >= 11 is 1.87. The van der Waals surface area contributed by atoms with E-state index in [1.54, 1.807) is 0 Å². The highest BCUT2D eigenvalue weighted by Gasteiger charge is 2.16. The molecule has 18 heavy (non-hydrogen) atoms. The number of likely N-dealkylation sites (tertiary alicyclic amines) is 1. The topological polar surface area (TPSA) is 15.3 Å². The van der Waals surface area contributed by atoms with E-state index >= 15 is 0 Å². The number of hydrogen-bond acceptors (Lipinski definition) is 3. The fourth-order valence-corrected chi connectivity index (χ4v) is 3.86. The monoisotopic (exact) mass is 266 g/mol. The summed E-state index contributed by atoms with van der Waals surface area (Å²) in [4.78, 5) is 4.09. The van der Waals surface area contributed by atoms with Crippen LogP contribution in [0.2, 0.25) is 0 Å². The Balaban J connectivity index is 1.79. The number of aryl methyl sites for hydroxylation is 1. The quantitative estimate of drug-likeness (QED) is 0.876. The first-order valence-corrected chi connectivity index (χ1v) is 8.07. The number of thiophene rings is 1. The van der Waals surface area contributed by atoms with Crippen LogP contribution in [-0.2, 0) is 0 Å². The van der Waals surface area contributed by atoms with Crippen LogP contribution in [0.15, 0.2) is 11.4 Å². The van der Waals surface area contributed by atoms with E-state index in [1.165, 1.54) is 49.3 Å². The molecule has 2 unspecified atom stereocenters. The van der Waals surface area contributed by atoms with Crippen LogP contribution in [-0.4, -0.2) is 30.6 Å². The lowest BCUT2D eigenvalue weighted by Crippen LogP contribution is -2.42. The van der Waals surface area contributed by atoms with E-state index in [0.717, 1.165) is 0 Å². The van der Waals surface area contributed by atoms with Gasteiger partial charge in [-0.2, -0.15) is 0 Å². The molecule has 2 rings (SSSR count). The van der Waals surface area contributed by atoms with Gasteiger partial charge in [0.05, 0.1) is 0 Å². The van der Waals surface area contributed by atoms with Gasteiger partial charge >= 0.3 is 0 Å². The van der Waals surface area contributed by atoms with Crippen molar-refractivity contribution in [2.24, 2.45) is 0 Å². The molecule has 1 fully saturated rings. The van der Waals surface area contributed by atoms with Crippen LogP contribution >= 0.6 is 11.3 Å². The first kappa shape index (κ1) is 14.0. The number of hydrogen-bond donors (Lipinski definition) is 1. The third-order valence-corrected chi connectivity index (χ3v) is 5.01. The van der Waals surface area contributed by atoms with Crippen molar-refractivity contribution in [1.29, 1.82) is 0 Å². The van der Waals surface area contributed by atoms with E-state index in [-0.39, 0.29) is 0 Å². The Morgan fingerprint density at radius 2 is 2.00 bits per heavy atom. The van der Waals surface area contributed by atoms with Crippen molar-refractivity contribution in [3.8, 4) is 0 Å². The average molecular weight is 266 g/mol. The van der Waals surface area contributed by atoms with E-state index in [9.17, 15) is 0 Å². The van der Waals surface area contributed by atoms with Gasteiger partial charge < -0.3 is 10.2 Å². The average Bonchev–Trinajstić information content (AvgIpc) is 2.76. The smallest absolute Gasteiger partial charge is 0.0391 e. The molecule has 0 amide bonds. The van der Waals surface area contributed by atoms with Gasteiger partial charge in [0.25, 0.3) is 0 Å². The molecule has 0 radical (unpaired) electrons. The minimum absolute atomic E-state index is 0.477. The number of nitrogens with one attached hydrogen (secondary N) is 1. The van der Waals surface area contributed by atoms with Crippen LogP contribution in [0.5, 0.6) is 0 Å². The molecular formula is C15H26N2S. The Morgan fingerprint density at radius 1 is 1.28 bits per heavy atom. The summed E-state index contributed by atoms with van der Waals surface area (Å²) in [6, 6.07) is 3.26. The summed E-state index contributed by atoms with van der Waals surface area (Å²) < 4.78 is 0. The molecule has 0 aromatic carbocycles. The van der Waals surface area contributed by atoms with Gasteiger partial charge in [0.15, 0.2) is 0 Å². The standard InChI is InChI=1S/C15H26N2S/c1-12-7-10-18-15(12)14(3)16-13(2)11-17-8-5-4-6-9-17/h7,10,13-14,16H,4-6,8-9,11H2,1-3H3. The van der Waals surface area contributed by atoms with Crippen molar-refractivity contribution in [1.82, 2.24) is 10.2 Å². The maximum atomic E-state index is 3.74. The first-order chi connectivity index (χ1) is 8.66. The van der Waals surface area contributed by atoms with Crippen molar-refractivity contribution in [3.05, 3.63) is 21.9 Å². The highest BCUT2D eigenvalue weighted by atomic mass is 32.1. The molecular weight excluding hydrogens is 240 g/mol. The van der Waals surface area contributed by atoms with Gasteiger partial charge in [0, 0.05) is 23.5 Å². The van der Waals surface area contributed by atoms with Crippen LogP contribution in [0.3, 0.4) is 0 Å². The fourth-order valence-electron chi connectivity index (χ4n) is 2.91. The van der Waals surface area contributed by atoms with Crippen molar-refractivity contribution in [3.63, 3.8) is 0 Å². The van der Waals surface area contributed by atoms with Crippen LogP contribution in [0, 0.1) is 6.92 Å². The zero-order valence-electron chi connectivity index (χ0n) is 11.9. The molecule has 1 N–H and O–H groups in total. The first-order valence-electron chi connectivity index (χ1n) is 7.19. The number of nitrogens with zero attached hydrogens (tertiary/aromatic N) is 1. The van der Waals surface area contributed by atoms with E-state index in [4.69, 9.17) is 0 Å². The summed E-state index contributed by atoms with van der Waals surface area (Å²) in [5.41, 5.74) is 1.42. The lowest BCUT2D eigenvalue weighted by atomic mass is 10.1. The Labute approximate surface area is 115 Å². The highest BCUT2D eigenvalue weighted by Crippen LogP contribution is 2.23. The van der Waals surface area contributed by atoms with Gasteiger partial charge in [0.2, 0.25) is 0 Å². The van der Waals surface area contributed by atoms with E-state index in [2.05, 4.69) is 42.4 Å². The van der Waals surface area contributed by atoms with Gasteiger partial charge in [-0.05, 0) is 63.7 Å². The van der Waals surface area contributed by atoms with Crippen LogP contribution < -0.4 is 5.32 Å². The molecule has 1 aliphatic rings. The summed E-state index contributed by atoms with van der Waals surface area (Å²) in [6.07, 6.45) is 4.18. The Bertz CT molecular complexity index is 355. The molecule has 0 spiro atoms. The molecule has 1 aliphatic heterocycles. The molecule has 0 aliphatic carbocycles. The summed E-state index contributed by atoms with van der Waals surface area (Å²) in [5.74, 6) is 0. The Hall–Kier alpha value is -0.380. The molecule has 2 atom stereocenters. The van der Waals surface area contributed by atoms with Gasteiger partial charge in [0.1, 0.15) is 0 Å². The van der Waals surface area contributed by atoms with Crippen LogP contribution in [0.1, 0.15) is 49.6 Å². The largest absolute Gasteiger partial charge is 0.306 e. The van der Waals surface area contributed by atoms with E-state index in [1.807, 2.05) is 11.3 Å². The molecule has 1 aromatic rings. The fraction of sp³-hybridized carbons (Fsp3) is 0.733. The van der Waals surface area contributed by atoms with Crippen molar-refractivity contribution < 1.29 is 0 Å². The predicted octanol–water partition coefficient (Wildman–Crippen LogP) is 3.58. The van der Waals surface area contributed by atoms with Gasteiger partial charge in [-0.15, -0.1) is 11.3 Å². The van der Waals surface area contributed by atoms with Gasteiger partial charge in [-0.1, -0.05) is 6.42 Å². The lowest BCUT2D eigenvalue weighted by Gasteiger charge is -2.30. The molecule has 0 bridgehead atoms. The summed E-state index contributed by atoms with van der Waals surface area (Å²) in [5, 5.41) is 5.93. The second kappa shape index (κ2) is 6.69. The van der Waals surface area contributed by atoms with Crippen molar-refractivity contribution >= 4 is 11.3 Å². The molecule has 2 heterocycles. The normalized spacial score (nSPS) is 20.8. The third-order valence-electron chi connectivity index (χ3n) is 3.81. The molecule has 3 heteroatoms. The maximum Gasteiger partial charge on any atom is 0.0391 e. The van der Waals surface area contributed by atoms with Crippen LogP contribution in [0.4, 0.5) is 0 Å². The zero-order chi connectivity index (χ0) is 13.0. The highest BCUT2D eigenvalue weighted by molar-refractivity contribution is 7.10. The van der Waals surface area contributed by atoms with E-state index in [0.29, 0.717) is 12.1 Å². The lowest BCUT2D eigenvalue weighted by molar-refractivity contribution is 0.205. The zero-order valence-corrected chi connectivity index (χ0v) is 12.7. The summed E-state index contributed by atoms with van der Waals surface area (Å²) in [7, 11) is 0. The SMILES string of the molecule is Cc1ccsc1C(C)NC(C)CN1CCCCC1. The number of rotatable bonds is 5. The molecule has 2 nitrogen and oxygen atoms in total. The predicted molar refractivity (Wildman–Crippen MR) is 80.4 cm³/mol. The van der Waals surface area contributed by atoms with Gasteiger partial charge in [-0.25, -0.2) is 0 Å². The van der Waals surface area contributed by atoms with E-state index < -0.39 is 0 Å². The minimum atomic E-state index is 0.477. The molecule has 1 aromatic heterocycles. The molecule has 0 saturated carbocycles. The van der Waals surface area contributed by atoms with Crippen molar-refractivity contribution in [2.75, 3.05) is 19.6 Å². The third kappa shape index (κ3) is 3.81. The van der Waals surface area contributed by atoms with Crippen molar-refractivity contribution in [2.45, 2.75) is 52.1 Å². The number of piperidine rings is 1. The van der Waals surface area contributed by atoms with Crippen LogP contribution in [0.25, 0.3) is 0 Å².